The van der Waals surface area contributed by atoms with Gasteiger partial charge in [-0.25, -0.2) is 18.4 Å². The van der Waals surface area contributed by atoms with Gasteiger partial charge in [0.2, 0.25) is 0 Å². The number of halogens is 3. The molecule has 0 aliphatic heterocycles. The van der Waals surface area contributed by atoms with Gasteiger partial charge in [0.15, 0.2) is 0 Å². The zero-order valence-corrected chi connectivity index (χ0v) is 15.1. The van der Waals surface area contributed by atoms with E-state index in [0.717, 1.165) is 0 Å². The molecule has 10 heteroatoms. The molecule has 6 nitrogen and oxygen atoms in total. The number of aliphatic hydroxyl groups is 1. The molecule has 146 valence electrons. The minimum Gasteiger partial charge on any atom is -0.386 e. The fourth-order valence-electron chi connectivity index (χ4n) is 2.33. The molecular formula is C17H18F3N3O3S. The van der Waals surface area contributed by atoms with Crippen LogP contribution in [0.1, 0.15) is 11.7 Å². The number of benzene rings is 1. The number of rotatable bonds is 7. The molecule has 0 aliphatic carbocycles. The summed E-state index contributed by atoms with van der Waals surface area (Å²) in [4.78, 5) is 15.0. The Morgan fingerprint density at radius 2 is 1.81 bits per heavy atom. The average Bonchev–Trinajstić information content (AvgIpc) is 2.64. The van der Waals surface area contributed by atoms with Gasteiger partial charge in [0.25, 0.3) is 5.91 Å². The molecule has 2 rings (SSSR count). The number of aliphatic hydroxyl groups excluding tert-OH is 1. The van der Waals surface area contributed by atoms with Crippen LogP contribution >= 0.6 is 0 Å². The van der Waals surface area contributed by atoms with E-state index in [0.29, 0.717) is 11.1 Å². The third-order valence-electron chi connectivity index (χ3n) is 3.79. The van der Waals surface area contributed by atoms with Crippen LogP contribution < -0.4 is 5.32 Å². The Morgan fingerprint density at radius 3 is 2.26 bits per heavy atom. The molecule has 1 heterocycles. The third kappa shape index (κ3) is 5.27. The van der Waals surface area contributed by atoms with Crippen molar-refractivity contribution in [3.05, 3.63) is 48.2 Å². The van der Waals surface area contributed by atoms with E-state index < -0.39 is 40.9 Å². The number of carbonyl (C=O) groups is 1. The predicted molar refractivity (Wildman–Crippen MR) is 93.6 cm³/mol. The van der Waals surface area contributed by atoms with Crippen molar-refractivity contribution in [1.82, 2.24) is 10.3 Å². The Kier molecular flexibility index (Phi) is 6.55. The summed E-state index contributed by atoms with van der Waals surface area (Å²) in [6.07, 6.45) is -2.09. The summed E-state index contributed by atoms with van der Waals surface area (Å²) in [5.41, 5.74) is 1.59. The number of amides is 1. The van der Waals surface area contributed by atoms with Gasteiger partial charge in [-0.05, 0) is 17.2 Å². The van der Waals surface area contributed by atoms with Crippen molar-refractivity contribution in [3.63, 3.8) is 0 Å². The van der Waals surface area contributed by atoms with Gasteiger partial charge in [0.1, 0.15) is 17.8 Å². The minimum atomic E-state index is -3.30. The highest BCUT2D eigenvalue weighted by molar-refractivity contribution is 7.91. The summed E-state index contributed by atoms with van der Waals surface area (Å²) >= 11 is 0. The maximum atomic E-state index is 13.0. The number of nitrogens with one attached hydrogen (secondary N) is 2. The second-order valence-electron chi connectivity index (χ2n) is 5.87. The van der Waals surface area contributed by atoms with Crippen molar-refractivity contribution in [3.8, 4) is 11.1 Å². The highest BCUT2D eigenvalue weighted by Crippen LogP contribution is 2.24. The summed E-state index contributed by atoms with van der Waals surface area (Å²) in [6, 6.07) is 7.77. The molecule has 0 bridgehead atoms. The van der Waals surface area contributed by atoms with E-state index in [1.54, 1.807) is 23.5 Å². The van der Waals surface area contributed by atoms with Gasteiger partial charge in [-0.1, -0.05) is 30.3 Å². The highest BCUT2D eigenvalue weighted by atomic mass is 32.2. The lowest BCUT2D eigenvalue weighted by Crippen LogP contribution is -2.43. The third-order valence-corrected chi connectivity index (χ3v) is 4.83. The van der Waals surface area contributed by atoms with Crippen molar-refractivity contribution in [1.29, 1.82) is 4.78 Å². The lowest BCUT2D eigenvalue weighted by molar-refractivity contribution is -0.133. The molecule has 0 aliphatic rings. The Hall–Kier alpha value is -2.46. The van der Waals surface area contributed by atoms with Crippen LogP contribution in [-0.2, 0) is 14.5 Å². The molecule has 3 N–H and O–H groups in total. The first-order valence-electron chi connectivity index (χ1n) is 7.76. The SMILES string of the molecule is C[S@@](=N)(=O)c1ccc(-c2ccc([C@@H](O)[C@@H](CF)NC(=O)C(F)F)cc2)cn1. The predicted octanol–water partition coefficient (Wildman–Crippen LogP) is 2.54. The number of carbonyl (C=O) groups excluding carboxylic acids is 1. The minimum absolute atomic E-state index is 0.152. The molecule has 1 aromatic carbocycles. The van der Waals surface area contributed by atoms with Crippen molar-refractivity contribution in [2.45, 2.75) is 23.6 Å². The van der Waals surface area contributed by atoms with E-state index in [1.165, 1.54) is 30.7 Å². The van der Waals surface area contributed by atoms with Crippen molar-refractivity contribution >= 4 is 15.6 Å². The lowest BCUT2D eigenvalue weighted by atomic mass is 9.99. The van der Waals surface area contributed by atoms with Gasteiger partial charge in [-0.2, -0.15) is 8.78 Å². The summed E-state index contributed by atoms with van der Waals surface area (Å²) in [6.45, 7) is -1.21. The largest absolute Gasteiger partial charge is 0.386 e. The van der Waals surface area contributed by atoms with Crippen LogP contribution in [0.15, 0.2) is 47.6 Å². The molecule has 0 saturated heterocycles. The number of hydrogen-bond acceptors (Lipinski definition) is 5. The van der Waals surface area contributed by atoms with Crippen LogP contribution in [0.25, 0.3) is 11.1 Å². The summed E-state index contributed by atoms with van der Waals surface area (Å²) in [5, 5.41) is 12.0. The van der Waals surface area contributed by atoms with Crippen LogP contribution in [-0.4, -0.2) is 45.6 Å². The van der Waals surface area contributed by atoms with E-state index >= 15 is 0 Å². The Morgan fingerprint density at radius 1 is 1.22 bits per heavy atom. The second-order valence-corrected chi connectivity index (χ2v) is 7.97. The van der Waals surface area contributed by atoms with Gasteiger partial charge < -0.3 is 10.4 Å². The van der Waals surface area contributed by atoms with Crippen LogP contribution in [0.3, 0.4) is 0 Å². The van der Waals surface area contributed by atoms with Crippen molar-refractivity contribution in [2.75, 3.05) is 12.9 Å². The van der Waals surface area contributed by atoms with Crippen LogP contribution in [0.2, 0.25) is 0 Å². The van der Waals surface area contributed by atoms with Gasteiger partial charge in [-0.3, -0.25) is 4.79 Å². The lowest BCUT2D eigenvalue weighted by Gasteiger charge is -2.22. The van der Waals surface area contributed by atoms with E-state index in [9.17, 15) is 27.3 Å². The fraction of sp³-hybridized carbons (Fsp3) is 0.294. The van der Waals surface area contributed by atoms with Crippen LogP contribution in [0, 0.1) is 4.78 Å². The van der Waals surface area contributed by atoms with E-state index in [-0.39, 0.29) is 10.6 Å². The van der Waals surface area contributed by atoms with Gasteiger partial charge >= 0.3 is 6.43 Å². The smallest absolute Gasteiger partial charge is 0.315 e. The van der Waals surface area contributed by atoms with Gasteiger partial charge in [0.05, 0.1) is 15.8 Å². The molecule has 0 spiro atoms. The topological polar surface area (TPSA) is 103 Å². The molecule has 2 aromatic rings. The maximum Gasteiger partial charge on any atom is 0.315 e. The normalized spacial score (nSPS) is 15.8. The first-order chi connectivity index (χ1) is 12.6. The van der Waals surface area contributed by atoms with E-state index in [2.05, 4.69) is 4.98 Å². The maximum absolute atomic E-state index is 13.0. The molecular weight excluding hydrogens is 383 g/mol. The highest BCUT2D eigenvalue weighted by Gasteiger charge is 2.26. The van der Waals surface area contributed by atoms with Crippen LogP contribution in [0.5, 0.6) is 0 Å². The number of nitrogens with zero attached hydrogens (tertiary/aromatic N) is 1. The van der Waals surface area contributed by atoms with Gasteiger partial charge in [0, 0.05) is 18.0 Å². The summed E-state index contributed by atoms with van der Waals surface area (Å²) in [5.74, 6) is -1.65. The molecule has 1 amide bonds. The molecule has 0 unspecified atom stereocenters. The Balaban J connectivity index is 2.17. The van der Waals surface area contributed by atoms with Gasteiger partial charge in [-0.15, -0.1) is 0 Å². The molecule has 0 fully saturated rings. The molecule has 0 saturated carbocycles. The Labute approximate surface area is 154 Å². The zero-order valence-electron chi connectivity index (χ0n) is 14.2. The standard InChI is InChI=1S/C17H18F3N3O3S/c1-27(21,26)14-7-6-12(9-22-14)10-2-4-11(5-3-10)15(24)13(8-18)23-17(25)16(19)20/h2-7,9,13,15-16,21,24H,8H2,1H3,(H,23,25)/t13-,15-,27-/m1/s1. The summed E-state index contributed by atoms with van der Waals surface area (Å²) < 4.78 is 56.7. The Bertz CT molecular complexity index is 888. The monoisotopic (exact) mass is 401 g/mol. The van der Waals surface area contributed by atoms with E-state index in [4.69, 9.17) is 4.78 Å². The average molecular weight is 401 g/mol. The number of pyridine rings is 1. The first kappa shape index (κ1) is 20.8. The number of alkyl halides is 3. The zero-order chi connectivity index (χ0) is 20.2. The molecule has 1 aromatic heterocycles. The number of hydrogen-bond donors (Lipinski definition) is 3. The van der Waals surface area contributed by atoms with Crippen molar-refractivity contribution in [2.24, 2.45) is 0 Å². The first-order valence-corrected chi connectivity index (χ1v) is 9.73. The molecule has 27 heavy (non-hydrogen) atoms. The number of aromatic nitrogens is 1. The quantitative estimate of drug-likeness (QED) is 0.663. The van der Waals surface area contributed by atoms with E-state index in [1.807, 2.05) is 0 Å². The molecule has 3 atom stereocenters. The second kappa shape index (κ2) is 8.49. The molecule has 0 radical (unpaired) electrons. The van der Waals surface area contributed by atoms with Crippen LogP contribution in [0.4, 0.5) is 13.2 Å². The summed E-state index contributed by atoms with van der Waals surface area (Å²) in [7, 11) is -2.92. The van der Waals surface area contributed by atoms with Crippen molar-refractivity contribution < 1.29 is 27.3 Å². The fourth-order valence-corrected chi connectivity index (χ4v) is 2.92.